The topological polar surface area (TPSA) is 82.7 Å². The van der Waals surface area contributed by atoms with Crippen LogP contribution in [0.5, 0.6) is 0 Å². The lowest BCUT2D eigenvalue weighted by atomic mass is 9.95. The SMILES string of the molecule is O=S(=O)(c1ccccc1)n1ccc2c1ncc1nnn(C3CCCCC3)c12. The van der Waals surface area contributed by atoms with Gasteiger partial charge in [-0.1, -0.05) is 42.7 Å². The first-order chi connectivity index (χ1) is 13.2. The number of pyridine rings is 1. The van der Waals surface area contributed by atoms with E-state index in [1.165, 1.54) is 23.2 Å². The molecular formula is C19H19N5O2S. The van der Waals surface area contributed by atoms with Gasteiger partial charge in [0.05, 0.1) is 17.1 Å². The Kier molecular flexibility index (Phi) is 3.75. The summed E-state index contributed by atoms with van der Waals surface area (Å²) in [6.45, 7) is 0. The predicted molar refractivity (Wildman–Crippen MR) is 102 cm³/mol. The molecule has 0 bridgehead atoms. The van der Waals surface area contributed by atoms with Gasteiger partial charge in [-0.25, -0.2) is 22.1 Å². The minimum atomic E-state index is -3.71. The first-order valence-electron chi connectivity index (χ1n) is 9.18. The van der Waals surface area contributed by atoms with Crippen LogP contribution in [0.25, 0.3) is 22.1 Å². The molecule has 1 aliphatic rings. The lowest BCUT2D eigenvalue weighted by molar-refractivity contribution is 0.332. The summed E-state index contributed by atoms with van der Waals surface area (Å²) in [5, 5.41) is 9.40. The Balaban J connectivity index is 1.71. The van der Waals surface area contributed by atoms with Crippen molar-refractivity contribution in [2.24, 2.45) is 0 Å². The molecule has 0 N–H and O–H groups in total. The Morgan fingerprint density at radius 3 is 2.56 bits per heavy atom. The monoisotopic (exact) mass is 381 g/mol. The molecule has 0 radical (unpaired) electrons. The Labute approximate surface area is 156 Å². The van der Waals surface area contributed by atoms with Gasteiger partial charge in [0.1, 0.15) is 11.0 Å². The van der Waals surface area contributed by atoms with E-state index < -0.39 is 10.0 Å². The number of aromatic nitrogens is 5. The number of fused-ring (bicyclic) bond motifs is 3. The Bertz CT molecular complexity index is 1220. The van der Waals surface area contributed by atoms with Crippen molar-refractivity contribution in [2.75, 3.05) is 0 Å². The lowest BCUT2D eigenvalue weighted by Crippen LogP contribution is -2.14. The summed E-state index contributed by atoms with van der Waals surface area (Å²) in [4.78, 5) is 4.63. The van der Waals surface area contributed by atoms with Crippen LogP contribution in [0.2, 0.25) is 0 Å². The fourth-order valence-corrected chi connectivity index (χ4v) is 5.30. The fraction of sp³-hybridized carbons (Fsp3) is 0.316. The summed E-state index contributed by atoms with van der Waals surface area (Å²) in [5.41, 5.74) is 1.97. The molecule has 138 valence electrons. The van der Waals surface area contributed by atoms with Gasteiger partial charge in [0.15, 0.2) is 5.65 Å². The van der Waals surface area contributed by atoms with Gasteiger partial charge in [-0.05, 0) is 31.0 Å². The van der Waals surface area contributed by atoms with Gasteiger partial charge >= 0.3 is 0 Å². The van der Waals surface area contributed by atoms with Crippen molar-refractivity contribution in [2.45, 2.75) is 43.0 Å². The van der Waals surface area contributed by atoms with Crippen LogP contribution in [0.15, 0.2) is 53.7 Å². The number of hydrogen-bond acceptors (Lipinski definition) is 5. The second kappa shape index (κ2) is 6.16. The molecule has 7 nitrogen and oxygen atoms in total. The Hall–Kier alpha value is -2.74. The maximum atomic E-state index is 13.1. The summed E-state index contributed by atoms with van der Waals surface area (Å²) >= 11 is 0. The van der Waals surface area contributed by atoms with Gasteiger partial charge in [-0.15, -0.1) is 5.10 Å². The summed E-state index contributed by atoms with van der Waals surface area (Å²) in [7, 11) is -3.71. The molecule has 0 unspecified atom stereocenters. The molecule has 3 heterocycles. The number of rotatable bonds is 3. The van der Waals surface area contributed by atoms with E-state index in [4.69, 9.17) is 0 Å². The molecule has 5 rings (SSSR count). The average molecular weight is 381 g/mol. The van der Waals surface area contributed by atoms with Crippen LogP contribution >= 0.6 is 0 Å². The highest BCUT2D eigenvalue weighted by molar-refractivity contribution is 7.90. The van der Waals surface area contributed by atoms with Gasteiger partial charge < -0.3 is 0 Å². The zero-order valence-corrected chi connectivity index (χ0v) is 15.5. The number of nitrogens with zero attached hydrogens (tertiary/aromatic N) is 5. The molecule has 1 saturated carbocycles. The summed E-state index contributed by atoms with van der Waals surface area (Å²) < 4.78 is 29.3. The molecule has 1 fully saturated rings. The van der Waals surface area contributed by atoms with Crippen molar-refractivity contribution in [3.05, 3.63) is 48.8 Å². The number of hydrogen-bond donors (Lipinski definition) is 0. The molecular weight excluding hydrogens is 362 g/mol. The van der Waals surface area contributed by atoms with Gasteiger partial charge in [-0.3, -0.25) is 0 Å². The molecule has 0 amide bonds. The van der Waals surface area contributed by atoms with Gasteiger partial charge in [0, 0.05) is 11.6 Å². The summed E-state index contributed by atoms with van der Waals surface area (Å²) in [5.74, 6) is 0. The van der Waals surface area contributed by atoms with E-state index in [-0.39, 0.29) is 4.90 Å². The van der Waals surface area contributed by atoms with E-state index in [9.17, 15) is 8.42 Å². The van der Waals surface area contributed by atoms with Crippen molar-refractivity contribution in [3.63, 3.8) is 0 Å². The van der Waals surface area contributed by atoms with Crippen LogP contribution in [0.3, 0.4) is 0 Å². The highest BCUT2D eigenvalue weighted by atomic mass is 32.2. The van der Waals surface area contributed by atoms with Crippen LogP contribution in [0.4, 0.5) is 0 Å². The molecule has 4 aromatic rings. The molecule has 1 aliphatic carbocycles. The summed E-state index contributed by atoms with van der Waals surface area (Å²) in [6, 6.07) is 10.5. The van der Waals surface area contributed by atoms with Gasteiger partial charge in [0.25, 0.3) is 10.0 Å². The third-order valence-corrected chi connectivity index (χ3v) is 7.01. The van der Waals surface area contributed by atoms with E-state index in [0.29, 0.717) is 17.2 Å². The molecule has 0 atom stereocenters. The zero-order valence-electron chi connectivity index (χ0n) is 14.7. The molecule has 1 aromatic carbocycles. The van der Waals surface area contributed by atoms with Crippen LogP contribution in [-0.2, 0) is 10.0 Å². The van der Waals surface area contributed by atoms with E-state index >= 15 is 0 Å². The van der Waals surface area contributed by atoms with Crippen molar-refractivity contribution >= 4 is 32.1 Å². The molecule has 0 spiro atoms. The van der Waals surface area contributed by atoms with Crippen molar-refractivity contribution in [1.29, 1.82) is 0 Å². The first-order valence-corrected chi connectivity index (χ1v) is 10.6. The maximum absolute atomic E-state index is 13.1. The van der Waals surface area contributed by atoms with Crippen LogP contribution in [-0.4, -0.2) is 32.4 Å². The van der Waals surface area contributed by atoms with Crippen LogP contribution in [0.1, 0.15) is 38.1 Å². The third kappa shape index (κ3) is 2.55. The second-order valence-electron chi connectivity index (χ2n) is 6.98. The first kappa shape index (κ1) is 16.4. The van der Waals surface area contributed by atoms with Gasteiger partial charge in [-0.2, -0.15) is 0 Å². The zero-order chi connectivity index (χ0) is 18.4. The van der Waals surface area contributed by atoms with Crippen LogP contribution < -0.4 is 0 Å². The highest BCUT2D eigenvalue weighted by Gasteiger charge is 2.24. The van der Waals surface area contributed by atoms with Crippen molar-refractivity contribution in [3.8, 4) is 0 Å². The molecule has 0 aliphatic heterocycles. The van der Waals surface area contributed by atoms with Gasteiger partial charge in [0.2, 0.25) is 0 Å². The van der Waals surface area contributed by atoms with E-state index in [2.05, 4.69) is 15.3 Å². The van der Waals surface area contributed by atoms with Crippen LogP contribution in [0, 0.1) is 0 Å². The summed E-state index contributed by atoms with van der Waals surface area (Å²) in [6.07, 6.45) is 8.95. The smallest absolute Gasteiger partial charge is 0.241 e. The third-order valence-electron chi connectivity index (χ3n) is 5.33. The van der Waals surface area contributed by atoms with E-state index in [0.717, 1.165) is 23.7 Å². The maximum Gasteiger partial charge on any atom is 0.269 e. The van der Waals surface area contributed by atoms with E-state index in [1.54, 1.807) is 48.8 Å². The Morgan fingerprint density at radius 2 is 1.78 bits per heavy atom. The minimum Gasteiger partial charge on any atom is -0.241 e. The quantitative estimate of drug-likeness (QED) is 0.542. The molecule has 8 heteroatoms. The second-order valence-corrected chi connectivity index (χ2v) is 8.80. The fourth-order valence-electron chi connectivity index (χ4n) is 3.98. The normalized spacial score (nSPS) is 16.3. The highest BCUT2D eigenvalue weighted by Crippen LogP contribution is 2.33. The lowest BCUT2D eigenvalue weighted by Gasteiger charge is -2.22. The standard InChI is InChI=1S/C19H19N5O2S/c25-27(26,15-9-5-2-6-10-15)23-12-11-16-18-17(13-20-19(16)23)21-22-24(18)14-7-3-1-4-8-14/h2,5-6,9-14H,1,3-4,7-8H2. The van der Waals surface area contributed by atoms with E-state index in [1.807, 2.05) is 4.68 Å². The molecule has 3 aromatic heterocycles. The molecule has 27 heavy (non-hydrogen) atoms. The molecule has 0 saturated heterocycles. The Morgan fingerprint density at radius 1 is 1.00 bits per heavy atom. The van der Waals surface area contributed by atoms with Crippen molar-refractivity contribution in [1.82, 2.24) is 24.0 Å². The number of benzene rings is 1. The minimum absolute atomic E-state index is 0.239. The largest absolute Gasteiger partial charge is 0.269 e. The average Bonchev–Trinajstić information content (AvgIpc) is 3.33. The predicted octanol–water partition coefficient (Wildman–Crippen LogP) is 3.52. The van der Waals surface area contributed by atoms with Crippen molar-refractivity contribution < 1.29 is 8.42 Å².